The van der Waals surface area contributed by atoms with Crippen molar-refractivity contribution in [3.8, 4) is 11.1 Å². The molecule has 1 heterocycles. The van der Waals surface area contributed by atoms with E-state index in [2.05, 4.69) is 5.16 Å². The van der Waals surface area contributed by atoms with E-state index in [0.717, 1.165) is 12.1 Å². The van der Waals surface area contributed by atoms with Crippen molar-refractivity contribution in [3.05, 3.63) is 34.7 Å². The number of nitrogen functional groups attached to an aromatic ring is 1. The summed E-state index contributed by atoms with van der Waals surface area (Å²) in [6.45, 7) is 0. The van der Waals surface area contributed by atoms with E-state index in [1.165, 1.54) is 18.9 Å². The molecule has 1 aliphatic rings. The Morgan fingerprint density at radius 1 is 1.44 bits per heavy atom. The maximum atomic E-state index is 14.0. The van der Waals surface area contributed by atoms with Gasteiger partial charge in [-0.25, -0.2) is 4.39 Å². The molecule has 0 aliphatic heterocycles. The lowest BCUT2D eigenvalue weighted by atomic mass is 10.0. The maximum absolute atomic E-state index is 14.0. The first-order chi connectivity index (χ1) is 8.66. The van der Waals surface area contributed by atoms with Crippen LogP contribution in [0.25, 0.3) is 11.1 Å². The number of nitrogens with two attached hydrogens (primary N) is 1. The molecule has 0 saturated heterocycles. The van der Waals surface area contributed by atoms with E-state index in [1.807, 2.05) is 0 Å². The Hall–Kier alpha value is -1.55. The van der Waals surface area contributed by atoms with Gasteiger partial charge in [-0.15, -0.1) is 0 Å². The van der Waals surface area contributed by atoms with Gasteiger partial charge in [0.1, 0.15) is 5.82 Å². The van der Waals surface area contributed by atoms with Crippen molar-refractivity contribution in [1.29, 1.82) is 0 Å². The van der Waals surface area contributed by atoms with E-state index < -0.39 is 5.82 Å². The van der Waals surface area contributed by atoms with Crippen LogP contribution in [-0.2, 0) is 6.42 Å². The van der Waals surface area contributed by atoms with Crippen LogP contribution in [0.4, 0.5) is 10.3 Å². The van der Waals surface area contributed by atoms with Crippen LogP contribution in [0.3, 0.4) is 0 Å². The second kappa shape index (κ2) is 4.28. The summed E-state index contributed by atoms with van der Waals surface area (Å²) in [6, 6.07) is 4.83. The standard InChI is InChI=1S/C13H12ClFN2O/c14-9-3-1-2-8(12(9)15)11-10(6-7-4-5-7)17-18-13(11)16/h1-3,7H,4-6,16H2. The molecule has 1 fully saturated rings. The average molecular weight is 267 g/mol. The van der Waals surface area contributed by atoms with E-state index in [1.54, 1.807) is 12.1 Å². The van der Waals surface area contributed by atoms with Crippen molar-refractivity contribution in [2.24, 2.45) is 5.92 Å². The highest BCUT2D eigenvalue weighted by atomic mass is 35.5. The van der Waals surface area contributed by atoms with Gasteiger partial charge in [0.25, 0.3) is 0 Å². The van der Waals surface area contributed by atoms with Gasteiger partial charge in [0, 0.05) is 5.56 Å². The van der Waals surface area contributed by atoms with E-state index >= 15 is 0 Å². The molecule has 1 aromatic carbocycles. The Bertz CT molecular complexity index is 593. The molecule has 1 aromatic heterocycles. The minimum Gasteiger partial charge on any atom is -0.367 e. The monoisotopic (exact) mass is 266 g/mol. The fraction of sp³-hybridized carbons (Fsp3) is 0.308. The quantitative estimate of drug-likeness (QED) is 0.922. The first-order valence-electron chi connectivity index (χ1n) is 5.85. The molecular formula is C13H12ClFN2O. The predicted molar refractivity (Wildman–Crippen MR) is 67.7 cm³/mol. The van der Waals surface area contributed by atoms with Crippen molar-refractivity contribution in [2.75, 3.05) is 5.73 Å². The number of anilines is 1. The van der Waals surface area contributed by atoms with Crippen molar-refractivity contribution >= 4 is 17.5 Å². The van der Waals surface area contributed by atoms with Gasteiger partial charge in [0.15, 0.2) is 0 Å². The largest absolute Gasteiger partial charge is 0.367 e. The van der Waals surface area contributed by atoms with Crippen LogP contribution >= 0.6 is 11.6 Å². The van der Waals surface area contributed by atoms with Crippen molar-refractivity contribution in [3.63, 3.8) is 0 Å². The van der Waals surface area contributed by atoms with Crippen LogP contribution in [0.15, 0.2) is 22.7 Å². The van der Waals surface area contributed by atoms with E-state index in [4.69, 9.17) is 21.9 Å². The minimum absolute atomic E-state index is 0.0745. The number of hydrogen-bond donors (Lipinski definition) is 1. The molecule has 5 heteroatoms. The van der Waals surface area contributed by atoms with Crippen LogP contribution in [0.5, 0.6) is 0 Å². The first-order valence-corrected chi connectivity index (χ1v) is 6.23. The van der Waals surface area contributed by atoms with Gasteiger partial charge < -0.3 is 10.3 Å². The minimum atomic E-state index is -0.480. The number of halogens is 2. The molecule has 0 radical (unpaired) electrons. The zero-order valence-corrected chi connectivity index (χ0v) is 10.4. The highest BCUT2D eigenvalue weighted by Gasteiger charge is 2.27. The van der Waals surface area contributed by atoms with Gasteiger partial charge in [0.2, 0.25) is 5.88 Å². The van der Waals surface area contributed by atoms with E-state index in [0.29, 0.717) is 17.0 Å². The van der Waals surface area contributed by atoms with Gasteiger partial charge in [-0.2, -0.15) is 0 Å². The van der Waals surface area contributed by atoms with Crippen LogP contribution in [-0.4, -0.2) is 5.16 Å². The lowest BCUT2D eigenvalue weighted by Gasteiger charge is -2.04. The molecule has 0 bridgehead atoms. The molecule has 0 unspecified atom stereocenters. The molecule has 18 heavy (non-hydrogen) atoms. The Balaban J connectivity index is 2.09. The first kappa shape index (κ1) is 11.5. The predicted octanol–water partition coefficient (Wildman–Crippen LogP) is 3.67. The highest BCUT2D eigenvalue weighted by molar-refractivity contribution is 6.31. The summed E-state index contributed by atoms with van der Waals surface area (Å²) in [7, 11) is 0. The number of hydrogen-bond acceptors (Lipinski definition) is 3. The Labute approximate surface area is 109 Å². The Morgan fingerprint density at radius 3 is 2.94 bits per heavy atom. The van der Waals surface area contributed by atoms with Crippen molar-refractivity contribution < 1.29 is 8.91 Å². The molecule has 0 spiro atoms. The zero-order chi connectivity index (χ0) is 12.7. The summed E-state index contributed by atoms with van der Waals surface area (Å²) in [4.78, 5) is 0. The van der Waals surface area contributed by atoms with Gasteiger partial charge in [0.05, 0.1) is 16.3 Å². The van der Waals surface area contributed by atoms with Gasteiger partial charge in [-0.1, -0.05) is 28.9 Å². The summed E-state index contributed by atoms with van der Waals surface area (Å²) in [5.41, 5.74) is 7.37. The van der Waals surface area contributed by atoms with E-state index in [9.17, 15) is 4.39 Å². The van der Waals surface area contributed by atoms with Gasteiger partial charge >= 0.3 is 0 Å². The van der Waals surface area contributed by atoms with Crippen LogP contribution in [0.1, 0.15) is 18.5 Å². The topological polar surface area (TPSA) is 52.0 Å². The molecule has 94 valence electrons. The lowest BCUT2D eigenvalue weighted by Crippen LogP contribution is -1.95. The molecule has 1 aliphatic carbocycles. The molecule has 2 N–H and O–H groups in total. The number of nitrogens with zero attached hydrogens (tertiary/aromatic N) is 1. The second-order valence-electron chi connectivity index (χ2n) is 4.62. The molecule has 1 saturated carbocycles. The fourth-order valence-electron chi connectivity index (χ4n) is 2.06. The van der Waals surface area contributed by atoms with Crippen molar-refractivity contribution in [2.45, 2.75) is 19.3 Å². The van der Waals surface area contributed by atoms with Crippen LogP contribution in [0, 0.1) is 11.7 Å². The lowest BCUT2D eigenvalue weighted by molar-refractivity contribution is 0.426. The Kier molecular flexibility index (Phi) is 2.74. The number of rotatable bonds is 3. The molecular weight excluding hydrogens is 255 g/mol. The average Bonchev–Trinajstić information content (AvgIpc) is 3.08. The third-order valence-corrected chi connectivity index (χ3v) is 3.48. The zero-order valence-electron chi connectivity index (χ0n) is 9.62. The summed E-state index contributed by atoms with van der Waals surface area (Å²) in [6.07, 6.45) is 3.15. The molecule has 0 amide bonds. The smallest absolute Gasteiger partial charge is 0.230 e. The SMILES string of the molecule is Nc1onc(CC2CC2)c1-c1cccc(Cl)c1F. The number of benzene rings is 1. The summed E-state index contributed by atoms with van der Waals surface area (Å²) in [5.74, 6) is 0.286. The Morgan fingerprint density at radius 2 is 2.22 bits per heavy atom. The molecule has 3 nitrogen and oxygen atoms in total. The van der Waals surface area contributed by atoms with Gasteiger partial charge in [-0.05, 0) is 31.2 Å². The molecule has 3 rings (SSSR count). The third kappa shape index (κ3) is 1.97. The van der Waals surface area contributed by atoms with Crippen LogP contribution in [0.2, 0.25) is 5.02 Å². The molecule has 0 atom stereocenters. The normalized spacial score (nSPS) is 15.0. The summed E-state index contributed by atoms with van der Waals surface area (Å²) < 4.78 is 19.0. The van der Waals surface area contributed by atoms with Gasteiger partial charge in [-0.3, -0.25) is 0 Å². The summed E-state index contributed by atoms with van der Waals surface area (Å²) >= 11 is 5.79. The second-order valence-corrected chi connectivity index (χ2v) is 5.02. The fourth-order valence-corrected chi connectivity index (χ4v) is 2.23. The summed E-state index contributed by atoms with van der Waals surface area (Å²) in [5, 5.41) is 4.01. The molecule has 2 aromatic rings. The van der Waals surface area contributed by atoms with Crippen LogP contribution < -0.4 is 5.73 Å². The third-order valence-electron chi connectivity index (χ3n) is 3.19. The maximum Gasteiger partial charge on any atom is 0.230 e. The van der Waals surface area contributed by atoms with Crippen molar-refractivity contribution in [1.82, 2.24) is 5.16 Å². The highest BCUT2D eigenvalue weighted by Crippen LogP contribution is 2.39. The number of aromatic nitrogens is 1. The van der Waals surface area contributed by atoms with E-state index in [-0.39, 0.29) is 10.9 Å².